The number of fused-ring (bicyclic) bond motifs is 1. The highest BCUT2D eigenvalue weighted by Crippen LogP contribution is 2.42. The number of hydrogen-bond acceptors (Lipinski definition) is 6. The Kier molecular flexibility index (Phi) is 7.99. The van der Waals surface area contributed by atoms with Crippen LogP contribution in [0.25, 0.3) is 0 Å². The third-order valence-corrected chi connectivity index (χ3v) is 6.58. The van der Waals surface area contributed by atoms with Crippen molar-refractivity contribution in [1.29, 1.82) is 0 Å². The van der Waals surface area contributed by atoms with E-state index in [-0.39, 0.29) is 6.04 Å². The van der Waals surface area contributed by atoms with E-state index in [9.17, 15) is 0 Å². The Hall–Kier alpha value is -2.44. The predicted octanol–water partition coefficient (Wildman–Crippen LogP) is 4.78. The van der Waals surface area contributed by atoms with Gasteiger partial charge in [-0.25, -0.2) is 0 Å². The number of hydrogen-bond donors (Lipinski definition) is 0. The van der Waals surface area contributed by atoms with Crippen LogP contribution in [0.4, 0.5) is 5.69 Å². The van der Waals surface area contributed by atoms with Crippen molar-refractivity contribution in [3.05, 3.63) is 48.0 Å². The number of rotatable bonds is 10. The van der Waals surface area contributed by atoms with Crippen molar-refractivity contribution >= 4 is 5.69 Å². The quantitative estimate of drug-likeness (QED) is 0.515. The molecule has 0 bridgehead atoms. The summed E-state index contributed by atoms with van der Waals surface area (Å²) in [6, 6.07) is 14.9. The highest BCUT2D eigenvalue weighted by molar-refractivity contribution is 5.64. The summed E-state index contributed by atoms with van der Waals surface area (Å²) in [5, 5.41) is 0. The molecule has 2 unspecified atom stereocenters. The molecular formula is C27H38N2O4. The molecule has 180 valence electrons. The van der Waals surface area contributed by atoms with Gasteiger partial charge in [-0.15, -0.1) is 0 Å². The number of ether oxygens (including phenoxy) is 4. The van der Waals surface area contributed by atoms with Crippen molar-refractivity contribution < 1.29 is 18.9 Å². The molecule has 2 atom stereocenters. The molecule has 0 spiro atoms. The molecule has 1 saturated heterocycles. The maximum Gasteiger partial charge on any atom is 0.146 e. The average Bonchev–Trinajstić information content (AvgIpc) is 3.38. The lowest BCUT2D eigenvalue weighted by atomic mass is 10.0. The van der Waals surface area contributed by atoms with Crippen molar-refractivity contribution in [2.45, 2.75) is 38.8 Å². The molecule has 0 amide bonds. The van der Waals surface area contributed by atoms with Gasteiger partial charge in [-0.3, -0.25) is 4.90 Å². The van der Waals surface area contributed by atoms with E-state index in [0.717, 1.165) is 55.8 Å². The summed E-state index contributed by atoms with van der Waals surface area (Å²) in [6.07, 6.45) is 2.53. The number of methoxy groups -OCH3 is 2. The second-order valence-electron chi connectivity index (χ2n) is 9.41. The first kappa shape index (κ1) is 23.7. The Balaban J connectivity index is 1.63. The molecule has 2 aliphatic heterocycles. The van der Waals surface area contributed by atoms with Crippen LogP contribution in [-0.4, -0.2) is 64.6 Å². The van der Waals surface area contributed by atoms with E-state index in [0.29, 0.717) is 18.6 Å². The van der Waals surface area contributed by atoms with Crippen LogP contribution < -0.4 is 19.1 Å². The lowest BCUT2D eigenvalue weighted by Gasteiger charge is -2.42. The fourth-order valence-electron chi connectivity index (χ4n) is 4.78. The van der Waals surface area contributed by atoms with Crippen LogP contribution in [-0.2, 0) is 4.74 Å². The molecule has 0 aliphatic carbocycles. The van der Waals surface area contributed by atoms with Gasteiger partial charge < -0.3 is 23.8 Å². The van der Waals surface area contributed by atoms with Gasteiger partial charge in [0.2, 0.25) is 0 Å². The van der Waals surface area contributed by atoms with Gasteiger partial charge >= 0.3 is 0 Å². The van der Waals surface area contributed by atoms with E-state index < -0.39 is 0 Å². The SMILES string of the molecule is COc1ccc(C2COc3cc(OC)ccc3N2CC(COCC(C)C)N2CCCC2)cc1. The van der Waals surface area contributed by atoms with Gasteiger partial charge in [-0.1, -0.05) is 26.0 Å². The van der Waals surface area contributed by atoms with Gasteiger partial charge in [0, 0.05) is 19.2 Å². The van der Waals surface area contributed by atoms with Crippen molar-refractivity contribution in [1.82, 2.24) is 4.90 Å². The first-order valence-electron chi connectivity index (χ1n) is 12.1. The third kappa shape index (κ3) is 5.74. The molecule has 6 heteroatoms. The zero-order valence-corrected chi connectivity index (χ0v) is 20.5. The van der Waals surface area contributed by atoms with E-state index in [4.69, 9.17) is 18.9 Å². The standard InChI is InChI=1S/C27H38N2O4/c1-20(2)17-32-18-22(28-13-5-6-14-28)16-29-25-12-11-24(31-4)15-27(25)33-19-26(29)21-7-9-23(30-3)10-8-21/h7-12,15,20,22,26H,5-6,13-14,16-19H2,1-4H3. The number of likely N-dealkylation sites (tertiary alicyclic amines) is 1. The predicted molar refractivity (Wildman–Crippen MR) is 132 cm³/mol. The van der Waals surface area contributed by atoms with Crippen LogP contribution in [0.5, 0.6) is 17.2 Å². The largest absolute Gasteiger partial charge is 0.497 e. The Morgan fingerprint density at radius 3 is 2.30 bits per heavy atom. The minimum Gasteiger partial charge on any atom is -0.497 e. The van der Waals surface area contributed by atoms with Gasteiger partial charge in [-0.2, -0.15) is 0 Å². The van der Waals surface area contributed by atoms with Crippen LogP contribution in [0, 0.1) is 5.92 Å². The number of benzene rings is 2. The minimum atomic E-state index is 0.118. The number of anilines is 1. The van der Waals surface area contributed by atoms with Crippen LogP contribution in [0.2, 0.25) is 0 Å². The summed E-state index contributed by atoms with van der Waals surface area (Å²) in [5.74, 6) is 3.09. The summed E-state index contributed by atoms with van der Waals surface area (Å²) in [7, 11) is 3.39. The van der Waals surface area contributed by atoms with Crippen molar-refractivity contribution in [3.8, 4) is 17.2 Å². The summed E-state index contributed by atoms with van der Waals surface area (Å²) in [6.45, 7) is 9.71. The number of nitrogens with zero attached hydrogens (tertiary/aromatic N) is 2. The highest BCUT2D eigenvalue weighted by Gasteiger charge is 2.33. The molecule has 33 heavy (non-hydrogen) atoms. The molecule has 4 rings (SSSR count). The van der Waals surface area contributed by atoms with Gasteiger partial charge in [0.15, 0.2) is 0 Å². The van der Waals surface area contributed by atoms with Crippen LogP contribution in [0.1, 0.15) is 38.3 Å². The molecule has 2 aliphatic rings. The van der Waals surface area contributed by atoms with Gasteiger partial charge in [0.25, 0.3) is 0 Å². The Morgan fingerprint density at radius 1 is 0.939 bits per heavy atom. The first-order chi connectivity index (χ1) is 16.1. The van der Waals surface area contributed by atoms with Crippen LogP contribution in [0.15, 0.2) is 42.5 Å². The normalized spacial score (nSPS) is 19.3. The average molecular weight is 455 g/mol. The molecule has 0 radical (unpaired) electrons. The first-order valence-corrected chi connectivity index (χ1v) is 12.1. The molecule has 0 N–H and O–H groups in total. The Morgan fingerprint density at radius 2 is 1.64 bits per heavy atom. The maximum absolute atomic E-state index is 6.24. The van der Waals surface area contributed by atoms with E-state index in [1.54, 1.807) is 14.2 Å². The zero-order chi connectivity index (χ0) is 23.2. The topological polar surface area (TPSA) is 43.4 Å². The summed E-state index contributed by atoms with van der Waals surface area (Å²) < 4.78 is 23.2. The molecule has 0 saturated carbocycles. The molecular weight excluding hydrogens is 416 g/mol. The smallest absolute Gasteiger partial charge is 0.146 e. The fraction of sp³-hybridized carbons (Fsp3) is 0.556. The van der Waals surface area contributed by atoms with Crippen molar-refractivity contribution in [2.24, 2.45) is 5.92 Å². The fourth-order valence-corrected chi connectivity index (χ4v) is 4.78. The van der Waals surface area contributed by atoms with Gasteiger partial charge in [0.1, 0.15) is 23.9 Å². The second-order valence-corrected chi connectivity index (χ2v) is 9.41. The lowest BCUT2D eigenvalue weighted by molar-refractivity contribution is 0.0553. The molecule has 6 nitrogen and oxygen atoms in total. The van der Waals surface area contributed by atoms with Gasteiger partial charge in [-0.05, 0) is 61.7 Å². The maximum atomic E-state index is 6.24. The highest BCUT2D eigenvalue weighted by atomic mass is 16.5. The second kappa shape index (κ2) is 11.1. The van der Waals surface area contributed by atoms with E-state index in [1.165, 1.54) is 18.4 Å². The van der Waals surface area contributed by atoms with E-state index in [1.807, 2.05) is 24.3 Å². The molecule has 2 heterocycles. The lowest BCUT2D eigenvalue weighted by Crippen LogP contribution is -2.49. The monoisotopic (exact) mass is 454 g/mol. The third-order valence-electron chi connectivity index (χ3n) is 6.58. The Labute approximate surface area is 198 Å². The van der Waals surface area contributed by atoms with E-state index >= 15 is 0 Å². The zero-order valence-electron chi connectivity index (χ0n) is 20.5. The summed E-state index contributed by atoms with van der Waals surface area (Å²) in [5.41, 5.74) is 2.33. The summed E-state index contributed by atoms with van der Waals surface area (Å²) in [4.78, 5) is 5.10. The van der Waals surface area contributed by atoms with Gasteiger partial charge in [0.05, 0.1) is 38.6 Å². The van der Waals surface area contributed by atoms with Crippen molar-refractivity contribution in [3.63, 3.8) is 0 Å². The molecule has 1 fully saturated rings. The summed E-state index contributed by atoms with van der Waals surface area (Å²) >= 11 is 0. The Bertz CT molecular complexity index is 880. The van der Waals surface area contributed by atoms with E-state index in [2.05, 4.69) is 41.8 Å². The molecule has 2 aromatic rings. The molecule has 0 aromatic heterocycles. The van der Waals surface area contributed by atoms with Crippen LogP contribution in [0.3, 0.4) is 0 Å². The van der Waals surface area contributed by atoms with Crippen molar-refractivity contribution in [2.75, 3.05) is 58.6 Å². The van der Waals surface area contributed by atoms with Crippen LogP contribution >= 0.6 is 0 Å². The molecule has 2 aromatic carbocycles. The minimum absolute atomic E-state index is 0.118.